The van der Waals surface area contributed by atoms with E-state index in [1.54, 1.807) is 34.2 Å². The zero-order chi connectivity index (χ0) is 18.3. The SMILES string of the molecule is CC(C)n1cc([C@]2(O)CCCN(C(=O)c3ccc4nccn4c3)C2)nn1. The molecule has 0 aliphatic carbocycles. The molecule has 0 unspecified atom stereocenters. The van der Waals surface area contributed by atoms with Crippen LogP contribution in [0, 0.1) is 0 Å². The summed E-state index contributed by atoms with van der Waals surface area (Å²) < 4.78 is 3.54. The molecular weight excluding hydrogens is 332 g/mol. The molecule has 8 heteroatoms. The van der Waals surface area contributed by atoms with E-state index < -0.39 is 5.60 Å². The second-order valence-electron chi connectivity index (χ2n) is 7.15. The fraction of sp³-hybridized carbons (Fsp3) is 0.444. The normalized spacial score (nSPS) is 20.8. The van der Waals surface area contributed by atoms with E-state index in [4.69, 9.17) is 0 Å². The van der Waals surface area contributed by atoms with Crippen LogP contribution >= 0.6 is 0 Å². The first-order valence-corrected chi connectivity index (χ1v) is 8.83. The lowest BCUT2D eigenvalue weighted by Gasteiger charge is -2.38. The molecule has 8 nitrogen and oxygen atoms in total. The van der Waals surface area contributed by atoms with Crippen LogP contribution in [0.2, 0.25) is 0 Å². The molecule has 4 heterocycles. The topological polar surface area (TPSA) is 88.5 Å². The first kappa shape index (κ1) is 16.7. The Bertz CT molecular complexity index is 946. The van der Waals surface area contributed by atoms with Crippen molar-refractivity contribution < 1.29 is 9.90 Å². The van der Waals surface area contributed by atoms with Crippen molar-refractivity contribution >= 4 is 11.6 Å². The number of carbonyl (C=O) groups excluding carboxylic acids is 1. The molecule has 0 radical (unpaired) electrons. The number of nitrogens with zero attached hydrogens (tertiary/aromatic N) is 6. The lowest BCUT2D eigenvalue weighted by Crippen LogP contribution is -2.48. The van der Waals surface area contributed by atoms with Crippen molar-refractivity contribution in [2.45, 2.75) is 38.3 Å². The molecule has 0 spiro atoms. The number of pyridine rings is 1. The Morgan fingerprint density at radius 2 is 2.15 bits per heavy atom. The van der Waals surface area contributed by atoms with Crippen LogP contribution in [-0.2, 0) is 5.60 Å². The average Bonchev–Trinajstić information content (AvgIpc) is 3.30. The van der Waals surface area contributed by atoms with Crippen molar-refractivity contribution in [1.82, 2.24) is 29.3 Å². The van der Waals surface area contributed by atoms with Crippen LogP contribution in [0.3, 0.4) is 0 Å². The fourth-order valence-corrected chi connectivity index (χ4v) is 3.39. The molecule has 3 aromatic rings. The van der Waals surface area contributed by atoms with Gasteiger partial charge in [-0.2, -0.15) is 0 Å². The maximum atomic E-state index is 12.9. The number of fused-ring (bicyclic) bond motifs is 1. The molecule has 1 aliphatic rings. The first-order chi connectivity index (χ1) is 12.5. The number of piperidine rings is 1. The van der Waals surface area contributed by atoms with Gasteiger partial charge in [-0.05, 0) is 38.8 Å². The molecule has 1 aliphatic heterocycles. The van der Waals surface area contributed by atoms with Crippen molar-refractivity contribution in [3.8, 4) is 0 Å². The summed E-state index contributed by atoms with van der Waals surface area (Å²) in [5.41, 5.74) is 0.724. The third kappa shape index (κ3) is 2.86. The van der Waals surface area contributed by atoms with Crippen LogP contribution in [0.4, 0.5) is 0 Å². The second kappa shape index (κ2) is 6.21. The Morgan fingerprint density at radius 3 is 2.92 bits per heavy atom. The van der Waals surface area contributed by atoms with Gasteiger partial charge in [0.15, 0.2) is 0 Å². The zero-order valence-corrected chi connectivity index (χ0v) is 14.9. The molecule has 0 saturated carbocycles. The van der Waals surface area contributed by atoms with E-state index in [1.165, 1.54) is 0 Å². The number of hydrogen-bond acceptors (Lipinski definition) is 5. The van der Waals surface area contributed by atoms with E-state index in [2.05, 4.69) is 15.3 Å². The lowest BCUT2D eigenvalue weighted by molar-refractivity contribution is -0.0320. The monoisotopic (exact) mass is 354 g/mol. The Morgan fingerprint density at radius 1 is 1.31 bits per heavy atom. The second-order valence-corrected chi connectivity index (χ2v) is 7.15. The van der Waals surface area contributed by atoms with Crippen LogP contribution in [-0.4, -0.2) is 53.4 Å². The molecule has 1 amide bonds. The minimum atomic E-state index is -1.17. The number of aromatic nitrogens is 5. The summed E-state index contributed by atoms with van der Waals surface area (Å²) in [4.78, 5) is 18.8. The van der Waals surface area contributed by atoms with Gasteiger partial charge in [0.25, 0.3) is 5.91 Å². The third-order valence-electron chi connectivity index (χ3n) is 4.91. The maximum absolute atomic E-state index is 12.9. The van der Waals surface area contributed by atoms with E-state index >= 15 is 0 Å². The van der Waals surface area contributed by atoms with Crippen molar-refractivity contribution in [2.75, 3.05) is 13.1 Å². The summed E-state index contributed by atoms with van der Waals surface area (Å²) in [6.07, 6.45) is 8.33. The summed E-state index contributed by atoms with van der Waals surface area (Å²) in [5, 5.41) is 19.3. The molecule has 136 valence electrons. The zero-order valence-electron chi connectivity index (χ0n) is 14.9. The predicted molar refractivity (Wildman–Crippen MR) is 94.6 cm³/mol. The summed E-state index contributed by atoms with van der Waals surface area (Å²) in [6, 6.07) is 3.76. The summed E-state index contributed by atoms with van der Waals surface area (Å²) >= 11 is 0. The maximum Gasteiger partial charge on any atom is 0.255 e. The molecule has 1 saturated heterocycles. The van der Waals surface area contributed by atoms with Gasteiger partial charge in [0.1, 0.15) is 16.9 Å². The smallest absolute Gasteiger partial charge is 0.255 e. The van der Waals surface area contributed by atoms with Gasteiger partial charge in [-0.3, -0.25) is 4.79 Å². The number of hydrogen-bond donors (Lipinski definition) is 1. The number of β-amino-alcohol motifs (C(OH)–C–C–N with tert-alkyl or cyclic N) is 1. The molecule has 0 aromatic carbocycles. The van der Waals surface area contributed by atoms with Crippen LogP contribution in [0.5, 0.6) is 0 Å². The van der Waals surface area contributed by atoms with Gasteiger partial charge < -0.3 is 14.4 Å². The Labute approximate surface area is 151 Å². The number of likely N-dealkylation sites (tertiary alicyclic amines) is 1. The highest BCUT2D eigenvalue weighted by Crippen LogP contribution is 2.31. The number of carbonyl (C=O) groups is 1. The van der Waals surface area contributed by atoms with Crippen LogP contribution in [0.15, 0.2) is 36.9 Å². The summed E-state index contributed by atoms with van der Waals surface area (Å²) in [5.74, 6) is -0.102. The molecule has 1 atom stereocenters. The van der Waals surface area contributed by atoms with Gasteiger partial charge in [-0.1, -0.05) is 5.21 Å². The highest BCUT2D eigenvalue weighted by Gasteiger charge is 2.39. The number of amides is 1. The number of imidazole rings is 1. The van der Waals surface area contributed by atoms with Crippen LogP contribution in [0.25, 0.3) is 5.65 Å². The standard InChI is InChI=1S/C18H22N6O2/c1-13(2)24-11-15(20-21-24)18(26)6-3-8-23(12-18)17(25)14-4-5-16-19-7-9-22(16)10-14/h4-5,7,9-11,13,26H,3,6,8,12H2,1-2H3/t18-/m0/s1. The molecule has 4 rings (SSSR count). The van der Waals surface area contributed by atoms with Gasteiger partial charge in [-0.15, -0.1) is 5.10 Å². The van der Waals surface area contributed by atoms with Gasteiger partial charge >= 0.3 is 0 Å². The number of aliphatic hydroxyl groups is 1. The van der Waals surface area contributed by atoms with Crippen molar-refractivity contribution in [3.05, 3.63) is 48.2 Å². The average molecular weight is 354 g/mol. The van der Waals surface area contributed by atoms with Crippen LogP contribution in [0.1, 0.15) is 48.8 Å². The van der Waals surface area contributed by atoms with Gasteiger partial charge in [0.05, 0.1) is 18.3 Å². The van der Waals surface area contributed by atoms with E-state index in [-0.39, 0.29) is 18.5 Å². The van der Waals surface area contributed by atoms with Crippen molar-refractivity contribution in [2.24, 2.45) is 0 Å². The minimum absolute atomic E-state index is 0.102. The molecule has 1 fully saturated rings. The minimum Gasteiger partial charge on any atom is -0.382 e. The summed E-state index contributed by atoms with van der Waals surface area (Å²) in [6.45, 7) is 4.84. The highest BCUT2D eigenvalue weighted by molar-refractivity contribution is 5.94. The molecule has 26 heavy (non-hydrogen) atoms. The predicted octanol–water partition coefficient (Wildman–Crippen LogP) is 1.63. The van der Waals surface area contributed by atoms with Crippen molar-refractivity contribution in [1.29, 1.82) is 0 Å². The Kier molecular flexibility index (Phi) is 3.99. The molecule has 1 N–H and O–H groups in total. The highest BCUT2D eigenvalue weighted by atomic mass is 16.3. The van der Waals surface area contributed by atoms with E-state index in [9.17, 15) is 9.90 Å². The lowest BCUT2D eigenvalue weighted by atomic mass is 9.89. The molecule has 0 bridgehead atoms. The van der Waals surface area contributed by atoms with E-state index in [0.717, 1.165) is 5.65 Å². The Hall–Kier alpha value is -2.74. The van der Waals surface area contributed by atoms with Crippen molar-refractivity contribution in [3.63, 3.8) is 0 Å². The van der Waals surface area contributed by atoms with Gasteiger partial charge in [0.2, 0.25) is 0 Å². The Balaban J connectivity index is 1.57. The van der Waals surface area contributed by atoms with E-state index in [0.29, 0.717) is 30.6 Å². The van der Waals surface area contributed by atoms with Gasteiger partial charge in [-0.25, -0.2) is 9.67 Å². The quantitative estimate of drug-likeness (QED) is 0.772. The number of rotatable bonds is 3. The summed E-state index contributed by atoms with van der Waals surface area (Å²) in [7, 11) is 0. The fourth-order valence-electron chi connectivity index (χ4n) is 3.39. The molecule has 3 aromatic heterocycles. The molecular formula is C18H22N6O2. The largest absolute Gasteiger partial charge is 0.382 e. The van der Waals surface area contributed by atoms with E-state index in [1.807, 2.05) is 30.5 Å². The third-order valence-corrected chi connectivity index (χ3v) is 4.91. The van der Waals surface area contributed by atoms with Gasteiger partial charge in [0, 0.05) is 31.2 Å². The first-order valence-electron chi connectivity index (χ1n) is 8.83. The van der Waals surface area contributed by atoms with Crippen LogP contribution < -0.4 is 0 Å².